The fourth-order valence-corrected chi connectivity index (χ4v) is 3.76. The minimum absolute atomic E-state index is 0.254. The van der Waals surface area contributed by atoms with Gasteiger partial charge in [0.1, 0.15) is 23.0 Å². The molecule has 29 heavy (non-hydrogen) atoms. The van der Waals surface area contributed by atoms with Gasteiger partial charge in [0.2, 0.25) is 0 Å². The van der Waals surface area contributed by atoms with Gasteiger partial charge in [-0.2, -0.15) is 0 Å². The van der Waals surface area contributed by atoms with Crippen LogP contribution in [-0.2, 0) is 6.54 Å². The molecule has 1 aromatic carbocycles. The summed E-state index contributed by atoms with van der Waals surface area (Å²) in [6.07, 6.45) is 3.86. The maximum atomic E-state index is 13.5. The van der Waals surface area contributed by atoms with Crippen molar-refractivity contribution in [2.75, 3.05) is 25.0 Å². The van der Waals surface area contributed by atoms with E-state index in [1.165, 1.54) is 12.1 Å². The van der Waals surface area contributed by atoms with Crippen LogP contribution in [0.25, 0.3) is 11.0 Å². The van der Waals surface area contributed by atoms with Crippen LogP contribution in [0.3, 0.4) is 0 Å². The number of benzene rings is 1. The lowest BCUT2D eigenvalue weighted by molar-refractivity contribution is 0.457. The molecule has 0 unspecified atom stereocenters. The van der Waals surface area contributed by atoms with Gasteiger partial charge >= 0.3 is 0 Å². The van der Waals surface area contributed by atoms with Crippen LogP contribution in [0.2, 0.25) is 0 Å². The van der Waals surface area contributed by atoms with E-state index in [9.17, 15) is 4.39 Å². The Morgan fingerprint density at radius 1 is 1.28 bits per heavy atom. The predicted molar refractivity (Wildman–Crippen MR) is 114 cm³/mol. The average molecular weight is 395 g/mol. The number of aryl methyl sites for hydroxylation is 1. The summed E-state index contributed by atoms with van der Waals surface area (Å²) in [5, 5.41) is 7.63. The standard InChI is InChI=1S/C22H26FN5O/c1-15-18-13-16(23)6-7-19(18)29-20(15)14-26-22(24-2)27-17-8-11-28(12-9-17)21-5-3-4-10-25-21/h3-7,10,13,17H,8-9,11-12,14H2,1-2H3,(H2,24,26,27). The van der Waals surface area contributed by atoms with Gasteiger partial charge in [0.25, 0.3) is 0 Å². The third-order valence-electron chi connectivity index (χ3n) is 5.45. The number of piperidine rings is 1. The number of fused-ring (bicyclic) bond motifs is 1. The summed E-state index contributed by atoms with van der Waals surface area (Å²) in [7, 11) is 1.76. The van der Waals surface area contributed by atoms with Crippen LogP contribution in [0.4, 0.5) is 10.2 Å². The van der Waals surface area contributed by atoms with Crippen LogP contribution in [0.1, 0.15) is 24.2 Å². The Morgan fingerprint density at radius 3 is 2.83 bits per heavy atom. The van der Waals surface area contributed by atoms with Crippen molar-refractivity contribution in [1.82, 2.24) is 15.6 Å². The minimum Gasteiger partial charge on any atom is -0.459 e. The number of anilines is 1. The number of halogens is 1. The molecule has 0 atom stereocenters. The van der Waals surface area contributed by atoms with Crippen molar-refractivity contribution in [3.8, 4) is 0 Å². The van der Waals surface area contributed by atoms with Gasteiger partial charge in [-0.05, 0) is 50.1 Å². The van der Waals surface area contributed by atoms with Crippen molar-refractivity contribution in [3.05, 3.63) is 59.7 Å². The molecule has 7 heteroatoms. The van der Waals surface area contributed by atoms with E-state index < -0.39 is 0 Å². The van der Waals surface area contributed by atoms with Crippen LogP contribution in [0.5, 0.6) is 0 Å². The average Bonchev–Trinajstić information content (AvgIpc) is 3.07. The number of pyridine rings is 1. The molecule has 0 spiro atoms. The van der Waals surface area contributed by atoms with Gasteiger partial charge in [0.15, 0.2) is 5.96 Å². The molecular weight excluding hydrogens is 369 g/mol. The molecule has 2 N–H and O–H groups in total. The molecule has 3 aromatic rings. The van der Waals surface area contributed by atoms with Crippen LogP contribution in [0.15, 0.2) is 52.0 Å². The zero-order chi connectivity index (χ0) is 20.2. The van der Waals surface area contributed by atoms with Gasteiger partial charge in [-0.25, -0.2) is 9.37 Å². The van der Waals surface area contributed by atoms with Crippen molar-refractivity contribution in [2.45, 2.75) is 32.4 Å². The first-order valence-corrected chi connectivity index (χ1v) is 9.94. The lowest BCUT2D eigenvalue weighted by atomic mass is 10.1. The van der Waals surface area contributed by atoms with Crippen molar-refractivity contribution >= 4 is 22.7 Å². The highest BCUT2D eigenvalue weighted by molar-refractivity contribution is 5.83. The molecule has 0 saturated carbocycles. The number of guanidine groups is 1. The molecule has 4 rings (SSSR count). The molecule has 0 amide bonds. The van der Waals surface area contributed by atoms with E-state index in [2.05, 4.69) is 31.6 Å². The molecule has 1 fully saturated rings. The summed E-state index contributed by atoms with van der Waals surface area (Å²) in [5.41, 5.74) is 1.65. The molecule has 1 saturated heterocycles. The number of nitrogens with one attached hydrogen (secondary N) is 2. The third kappa shape index (κ3) is 4.34. The molecule has 6 nitrogen and oxygen atoms in total. The fraction of sp³-hybridized carbons (Fsp3) is 0.364. The summed E-state index contributed by atoms with van der Waals surface area (Å²) in [6, 6.07) is 11.0. The Hall–Kier alpha value is -3.09. The highest BCUT2D eigenvalue weighted by Crippen LogP contribution is 2.26. The van der Waals surface area contributed by atoms with Crippen molar-refractivity contribution in [2.24, 2.45) is 4.99 Å². The maximum absolute atomic E-state index is 13.5. The minimum atomic E-state index is -0.254. The number of hydrogen-bond donors (Lipinski definition) is 2. The summed E-state index contributed by atoms with van der Waals surface area (Å²) in [5.74, 6) is 2.31. The van der Waals surface area contributed by atoms with E-state index in [-0.39, 0.29) is 5.82 Å². The number of aliphatic imine (C=N–C) groups is 1. The van der Waals surface area contributed by atoms with Gasteiger partial charge < -0.3 is 20.0 Å². The normalized spacial score (nSPS) is 15.7. The molecule has 1 aliphatic heterocycles. The molecule has 0 radical (unpaired) electrons. The SMILES string of the molecule is CN=C(NCc1oc2ccc(F)cc2c1C)NC1CCN(c2ccccn2)CC1. The summed E-state index contributed by atoms with van der Waals surface area (Å²) < 4.78 is 19.4. The van der Waals surface area contributed by atoms with Crippen LogP contribution in [0, 0.1) is 12.7 Å². The van der Waals surface area contributed by atoms with Gasteiger partial charge in [-0.1, -0.05) is 6.07 Å². The molecule has 3 heterocycles. The number of hydrogen-bond acceptors (Lipinski definition) is 4. The first-order chi connectivity index (χ1) is 14.1. The van der Waals surface area contributed by atoms with E-state index in [0.717, 1.165) is 54.4 Å². The maximum Gasteiger partial charge on any atom is 0.191 e. The summed E-state index contributed by atoms with van der Waals surface area (Å²) in [6.45, 7) is 4.36. The number of nitrogens with zero attached hydrogens (tertiary/aromatic N) is 3. The first kappa shape index (κ1) is 19.2. The van der Waals surface area contributed by atoms with E-state index >= 15 is 0 Å². The second-order valence-electron chi connectivity index (χ2n) is 7.31. The zero-order valence-electron chi connectivity index (χ0n) is 16.8. The smallest absolute Gasteiger partial charge is 0.191 e. The Balaban J connectivity index is 1.32. The lowest BCUT2D eigenvalue weighted by Gasteiger charge is -2.33. The molecule has 152 valence electrons. The Morgan fingerprint density at radius 2 is 2.10 bits per heavy atom. The van der Waals surface area contributed by atoms with Crippen LogP contribution in [-0.4, -0.2) is 37.1 Å². The highest BCUT2D eigenvalue weighted by atomic mass is 19.1. The fourth-order valence-electron chi connectivity index (χ4n) is 3.76. The van der Waals surface area contributed by atoms with E-state index in [1.807, 2.05) is 25.3 Å². The van der Waals surface area contributed by atoms with Gasteiger partial charge in [0.05, 0.1) is 6.54 Å². The molecular formula is C22H26FN5O. The van der Waals surface area contributed by atoms with Crippen molar-refractivity contribution in [3.63, 3.8) is 0 Å². The van der Waals surface area contributed by atoms with Gasteiger partial charge in [-0.3, -0.25) is 4.99 Å². The Labute approximate surface area is 169 Å². The van der Waals surface area contributed by atoms with Gasteiger partial charge in [-0.15, -0.1) is 0 Å². The monoisotopic (exact) mass is 395 g/mol. The predicted octanol–water partition coefficient (Wildman–Crippen LogP) is 3.61. The van der Waals surface area contributed by atoms with Gasteiger partial charge in [0, 0.05) is 43.3 Å². The zero-order valence-corrected chi connectivity index (χ0v) is 16.8. The van der Waals surface area contributed by atoms with E-state index in [1.54, 1.807) is 13.1 Å². The Bertz CT molecular complexity index is 993. The van der Waals surface area contributed by atoms with Crippen molar-refractivity contribution < 1.29 is 8.81 Å². The summed E-state index contributed by atoms with van der Waals surface area (Å²) in [4.78, 5) is 11.1. The highest BCUT2D eigenvalue weighted by Gasteiger charge is 2.21. The molecule has 2 aromatic heterocycles. The van der Waals surface area contributed by atoms with Crippen molar-refractivity contribution in [1.29, 1.82) is 0 Å². The lowest BCUT2D eigenvalue weighted by Crippen LogP contribution is -2.48. The largest absolute Gasteiger partial charge is 0.459 e. The quantitative estimate of drug-likeness (QED) is 0.522. The third-order valence-corrected chi connectivity index (χ3v) is 5.45. The molecule has 0 aliphatic carbocycles. The first-order valence-electron chi connectivity index (χ1n) is 9.94. The van der Waals surface area contributed by atoms with E-state index in [0.29, 0.717) is 18.2 Å². The van der Waals surface area contributed by atoms with E-state index in [4.69, 9.17) is 4.42 Å². The number of aromatic nitrogens is 1. The number of furan rings is 1. The summed E-state index contributed by atoms with van der Waals surface area (Å²) >= 11 is 0. The molecule has 0 bridgehead atoms. The Kier molecular flexibility index (Phi) is 5.64. The van der Waals surface area contributed by atoms with Crippen LogP contribution < -0.4 is 15.5 Å². The second-order valence-corrected chi connectivity index (χ2v) is 7.31. The topological polar surface area (TPSA) is 65.7 Å². The molecule has 1 aliphatic rings. The number of rotatable bonds is 4. The van der Waals surface area contributed by atoms with Crippen LogP contribution >= 0.6 is 0 Å². The second kappa shape index (κ2) is 8.51.